The fourth-order valence-corrected chi connectivity index (χ4v) is 2.94. The van der Waals surface area contributed by atoms with Crippen molar-refractivity contribution >= 4 is 28.6 Å². The van der Waals surface area contributed by atoms with Gasteiger partial charge in [-0.25, -0.2) is 4.79 Å². The van der Waals surface area contributed by atoms with E-state index in [1.165, 1.54) is 22.0 Å². The second-order valence-electron chi connectivity index (χ2n) is 5.66. The molecule has 3 nitrogen and oxygen atoms in total. The minimum absolute atomic E-state index is 0.200. The van der Waals surface area contributed by atoms with Crippen LogP contribution < -0.4 is 0 Å². The van der Waals surface area contributed by atoms with Crippen LogP contribution in [-0.2, 0) is 15.9 Å². The molecule has 0 aliphatic carbocycles. The summed E-state index contributed by atoms with van der Waals surface area (Å²) in [4.78, 5) is 12.1. The average molecular weight is 432 g/mol. The number of aryl methyl sites for hydroxylation is 1. The van der Waals surface area contributed by atoms with Gasteiger partial charge in [-0.05, 0) is 79.0 Å². The van der Waals surface area contributed by atoms with Crippen molar-refractivity contribution in [1.29, 1.82) is 0 Å². The highest BCUT2D eigenvalue weighted by Crippen LogP contribution is 2.18. The van der Waals surface area contributed by atoms with E-state index in [-0.39, 0.29) is 5.97 Å². The molecule has 0 spiro atoms. The molecule has 0 radical (unpaired) electrons. The van der Waals surface area contributed by atoms with Crippen molar-refractivity contribution < 1.29 is 14.3 Å². The quantitative estimate of drug-likeness (QED) is 0.253. The van der Waals surface area contributed by atoms with Crippen LogP contribution in [-0.4, -0.2) is 25.8 Å². The summed E-state index contributed by atoms with van der Waals surface area (Å²) in [6, 6.07) is 5.85. The number of carbonyl (C=O) groups is 1. The second kappa shape index (κ2) is 12.8. The van der Waals surface area contributed by atoms with Gasteiger partial charge in [0.1, 0.15) is 0 Å². The van der Waals surface area contributed by atoms with E-state index in [4.69, 9.17) is 9.47 Å². The lowest BCUT2D eigenvalue weighted by Gasteiger charge is -2.09. The third-order valence-corrected chi connectivity index (χ3v) is 4.75. The number of unbranched alkanes of at least 4 members (excludes halogenated alkanes) is 4. The zero-order valence-electron chi connectivity index (χ0n) is 14.4. The van der Waals surface area contributed by atoms with Crippen LogP contribution in [0.2, 0.25) is 0 Å². The minimum Gasteiger partial charge on any atom is -0.462 e. The van der Waals surface area contributed by atoms with Crippen LogP contribution in [0.3, 0.4) is 0 Å². The summed E-state index contributed by atoms with van der Waals surface area (Å²) in [5.74, 6) is -0.200. The minimum atomic E-state index is -0.200. The number of halogens is 1. The molecule has 1 aromatic carbocycles. The Labute approximate surface area is 154 Å². The number of hydrogen-bond acceptors (Lipinski definition) is 3. The lowest BCUT2D eigenvalue weighted by atomic mass is 10.1. The van der Waals surface area contributed by atoms with Crippen LogP contribution in [0.5, 0.6) is 0 Å². The molecule has 0 heterocycles. The molecule has 0 aliphatic rings. The summed E-state index contributed by atoms with van der Waals surface area (Å²) in [5.41, 5.74) is 1.89. The smallest absolute Gasteiger partial charge is 0.338 e. The molecule has 0 saturated carbocycles. The molecule has 1 aromatic rings. The van der Waals surface area contributed by atoms with Gasteiger partial charge in [0, 0.05) is 16.8 Å². The Morgan fingerprint density at radius 2 is 1.83 bits per heavy atom. The largest absolute Gasteiger partial charge is 0.462 e. The Morgan fingerprint density at radius 1 is 1.04 bits per heavy atom. The Balaban J connectivity index is 2.43. The lowest BCUT2D eigenvalue weighted by Crippen LogP contribution is -2.07. The van der Waals surface area contributed by atoms with Crippen molar-refractivity contribution in [3.8, 4) is 0 Å². The fraction of sp³-hybridized carbons (Fsp3) is 0.632. The predicted molar refractivity (Wildman–Crippen MR) is 103 cm³/mol. The molecule has 0 amide bonds. The molecule has 0 bridgehead atoms. The highest BCUT2D eigenvalue weighted by Gasteiger charge is 2.10. The van der Waals surface area contributed by atoms with Crippen molar-refractivity contribution in [2.45, 2.75) is 58.8 Å². The third-order valence-electron chi connectivity index (χ3n) is 3.70. The first-order valence-corrected chi connectivity index (χ1v) is 9.80. The van der Waals surface area contributed by atoms with Gasteiger partial charge in [0.2, 0.25) is 0 Å². The van der Waals surface area contributed by atoms with E-state index >= 15 is 0 Å². The maximum Gasteiger partial charge on any atom is 0.338 e. The molecule has 1 rings (SSSR count). The van der Waals surface area contributed by atoms with Gasteiger partial charge in [0.25, 0.3) is 0 Å². The van der Waals surface area contributed by atoms with E-state index in [0.717, 1.165) is 45.3 Å². The van der Waals surface area contributed by atoms with Gasteiger partial charge in [-0.15, -0.1) is 0 Å². The van der Waals surface area contributed by atoms with Crippen LogP contribution in [0.25, 0.3) is 0 Å². The third kappa shape index (κ3) is 8.70. The number of carbonyl (C=O) groups excluding carboxylic acids is 1. The van der Waals surface area contributed by atoms with Crippen molar-refractivity contribution in [2.24, 2.45) is 0 Å². The Bertz CT molecular complexity index is 460. The number of ether oxygens (including phenoxy) is 2. The topological polar surface area (TPSA) is 35.5 Å². The van der Waals surface area contributed by atoms with Gasteiger partial charge in [-0.2, -0.15) is 0 Å². The summed E-state index contributed by atoms with van der Waals surface area (Å²) in [5, 5.41) is 0. The van der Waals surface area contributed by atoms with Crippen LogP contribution >= 0.6 is 22.6 Å². The molecule has 0 aromatic heterocycles. The number of rotatable bonds is 12. The summed E-state index contributed by atoms with van der Waals surface area (Å²) in [6.07, 6.45) is 7.57. The van der Waals surface area contributed by atoms with Gasteiger partial charge >= 0.3 is 5.97 Å². The van der Waals surface area contributed by atoms with Crippen molar-refractivity contribution in [3.63, 3.8) is 0 Å². The van der Waals surface area contributed by atoms with Gasteiger partial charge < -0.3 is 9.47 Å². The number of esters is 1. The summed E-state index contributed by atoms with van der Waals surface area (Å²) >= 11 is 2.33. The summed E-state index contributed by atoms with van der Waals surface area (Å²) < 4.78 is 11.9. The molecule has 23 heavy (non-hydrogen) atoms. The number of benzene rings is 1. The second-order valence-corrected chi connectivity index (χ2v) is 6.82. The Kier molecular flexibility index (Phi) is 11.3. The first-order chi connectivity index (χ1) is 11.2. The SMILES string of the molecule is CCCCCCOC(=O)c1ccc(I)c(CCCCOCC)c1. The van der Waals surface area contributed by atoms with E-state index in [1.807, 2.05) is 25.1 Å². The molecule has 0 N–H and O–H groups in total. The summed E-state index contributed by atoms with van der Waals surface area (Å²) in [6.45, 7) is 6.30. The van der Waals surface area contributed by atoms with Gasteiger partial charge in [0.15, 0.2) is 0 Å². The monoisotopic (exact) mass is 432 g/mol. The van der Waals surface area contributed by atoms with E-state index < -0.39 is 0 Å². The van der Waals surface area contributed by atoms with E-state index in [2.05, 4.69) is 29.5 Å². The normalized spacial score (nSPS) is 10.7. The first kappa shape index (κ1) is 20.4. The van der Waals surface area contributed by atoms with Crippen LogP contribution in [0.15, 0.2) is 18.2 Å². The van der Waals surface area contributed by atoms with Gasteiger partial charge in [-0.1, -0.05) is 26.2 Å². The standard InChI is InChI=1S/C19H29IO3/c1-3-5-6-8-14-23-19(21)17-11-12-18(20)16(15-17)10-7-9-13-22-4-2/h11-12,15H,3-10,13-14H2,1-2H3. The zero-order chi connectivity index (χ0) is 16.9. The molecule has 0 unspecified atom stereocenters. The van der Waals surface area contributed by atoms with E-state index in [0.29, 0.717) is 12.2 Å². The van der Waals surface area contributed by atoms with Crippen LogP contribution in [0.1, 0.15) is 68.3 Å². The first-order valence-electron chi connectivity index (χ1n) is 8.72. The maximum atomic E-state index is 12.1. The van der Waals surface area contributed by atoms with Crippen LogP contribution in [0.4, 0.5) is 0 Å². The molecule has 0 saturated heterocycles. The predicted octanol–water partition coefficient (Wildman–Crippen LogP) is 5.39. The molecular weight excluding hydrogens is 403 g/mol. The van der Waals surface area contributed by atoms with Crippen molar-refractivity contribution in [1.82, 2.24) is 0 Å². The summed E-state index contributed by atoms with van der Waals surface area (Å²) in [7, 11) is 0. The Morgan fingerprint density at radius 3 is 2.57 bits per heavy atom. The molecule has 0 fully saturated rings. The lowest BCUT2D eigenvalue weighted by molar-refractivity contribution is 0.0497. The van der Waals surface area contributed by atoms with Gasteiger partial charge in [-0.3, -0.25) is 0 Å². The molecule has 0 atom stereocenters. The average Bonchev–Trinajstić information content (AvgIpc) is 2.55. The molecular formula is C19H29IO3. The van der Waals surface area contributed by atoms with E-state index in [9.17, 15) is 4.79 Å². The highest BCUT2D eigenvalue weighted by molar-refractivity contribution is 14.1. The molecule has 4 heteroatoms. The van der Waals surface area contributed by atoms with Gasteiger partial charge in [0.05, 0.1) is 12.2 Å². The fourth-order valence-electron chi connectivity index (χ4n) is 2.33. The van der Waals surface area contributed by atoms with Crippen molar-refractivity contribution in [3.05, 3.63) is 32.9 Å². The number of hydrogen-bond donors (Lipinski definition) is 0. The Hall–Kier alpha value is -0.620. The maximum absolute atomic E-state index is 12.1. The molecule has 0 aliphatic heterocycles. The zero-order valence-corrected chi connectivity index (χ0v) is 16.6. The van der Waals surface area contributed by atoms with Crippen molar-refractivity contribution in [2.75, 3.05) is 19.8 Å². The highest BCUT2D eigenvalue weighted by atomic mass is 127. The van der Waals surface area contributed by atoms with E-state index in [1.54, 1.807) is 0 Å². The molecule has 130 valence electrons. The van der Waals surface area contributed by atoms with Crippen LogP contribution in [0, 0.1) is 3.57 Å².